The van der Waals surface area contributed by atoms with Gasteiger partial charge in [-0.15, -0.1) is 11.8 Å². The Bertz CT molecular complexity index is 418. The predicted molar refractivity (Wildman–Crippen MR) is 75.6 cm³/mol. The summed E-state index contributed by atoms with van der Waals surface area (Å²) in [6.07, 6.45) is 1.85. The van der Waals surface area contributed by atoms with Crippen molar-refractivity contribution in [2.45, 2.75) is 32.7 Å². The van der Waals surface area contributed by atoms with Gasteiger partial charge in [0, 0.05) is 22.5 Å². The summed E-state index contributed by atoms with van der Waals surface area (Å²) in [6.45, 7) is 4.94. The Balaban J connectivity index is 2.89. The van der Waals surface area contributed by atoms with Crippen molar-refractivity contribution in [3.8, 4) is 11.8 Å². The van der Waals surface area contributed by atoms with Crippen molar-refractivity contribution < 1.29 is 0 Å². The van der Waals surface area contributed by atoms with Crippen LogP contribution in [-0.2, 0) is 0 Å². The minimum Gasteiger partial charge on any atom is -0.309 e. The van der Waals surface area contributed by atoms with E-state index in [0.717, 1.165) is 24.9 Å². The molecule has 17 heavy (non-hydrogen) atoms. The van der Waals surface area contributed by atoms with Gasteiger partial charge in [0.2, 0.25) is 0 Å². The lowest BCUT2D eigenvalue weighted by Crippen LogP contribution is -2.22. The Morgan fingerprint density at radius 1 is 1.35 bits per heavy atom. The zero-order valence-electron chi connectivity index (χ0n) is 10.2. The first kappa shape index (κ1) is 14.4. The molecule has 0 bridgehead atoms. The summed E-state index contributed by atoms with van der Waals surface area (Å²) in [5.41, 5.74) is 1.06. The fraction of sp³-hybridized carbons (Fsp3) is 0.429. The molecule has 1 nitrogen and oxygen atoms in total. The standard InChI is InChI=1S/C14H17Cl2N/c1-3-5-6-14(17-9-4-2)12-8-7-11(15)10-13(12)16/h7-8,10,14,17H,4,6,9H2,1-2H3. The summed E-state index contributed by atoms with van der Waals surface area (Å²) in [7, 11) is 0. The van der Waals surface area contributed by atoms with E-state index in [1.165, 1.54) is 0 Å². The van der Waals surface area contributed by atoms with Gasteiger partial charge in [-0.05, 0) is 37.6 Å². The Morgan fingerprint density at radius 2 is 2.12 bits per heavy atom. The Hall–Kier alpha value is -0.680. The van der Waals surface area contributed by atoms with Gasteiger partial charge >= 0.3 is 0 Å². The number of halogens is 2. The van der Waals surface area contributed by atoms with Crippen LogP contribution in [0.2, 0.25) is 10.0 Å². The number of hydrogen-bond acceptors (Lipinski definition) is 1. The van der Waals surface area contributed by atoms with E-state index >= 15 is 0 Å². The zero-order valence-corrected chi connectivity index (χ0v) is 11.7. The van der Waals surface area contributed by atoms with E-state index in [1.54, 1.807) is 6.07 Å². The van der Waals surface area contributed by atoms with Crippen molar-refractivity contribution in [1.29, 1.82) is 0 Å². The topological polar surface area (TPSA) is 12.0 Å². The monoisotopic (exact) mass is 269 g/mol. The maximum Gasteiger partial charge on any atom is 0.0468 e. The minimum absolute atomic E-state index is 0.173. The molecule has 0 spiro atoms. The summed E-state index contributed by atoms with van der Waals surface area (Å²) in [4.78, 5) is 0. The number of nitrogens with one attached hydrogen (secondary N) is 1. The van der Waals surface area contributed by atoms with Gasteiger partial charge < -0.3 is 5.32 Å². The van der Waals surface area contributed by atoms with Crippen LogP contribution in [-0.4, -0.2) is 6.54 Å². The molecule has 1 aromatic rings. The summed E-state index contributed by atoms with van der Waals surface area (Å²) in [5, 5.41) is 4.81. The summed E-state index contributed by atoms with van der Waals surface area (Å²) in [6, 6.07) is 5.78. The molecule has 0 radical (unpaired) electrons. The highest BCUT2D eigenvalue weighted by molar-refractivity contribution is 6.35. The van der Waals surface area contributed by atoms with Gasteiger partial charge in [-0.1, -0.05) is 36.2 Å². The van der Waals surface area contributed by atoms with Gasteiger partial charge in [-0.3, -0.25) is 0 Å². The molecule has 1 N–H and O–H groups in total. The lowest BCUT2D eigenvalue weighted by atomic mass is 10.0. The summed E-state index contributed by atoms with van der Waals surface area (Å²) < 4.78 is 0. The zero-order chi connectivity index (χ0) is 12.7. The van der Waals surface area contributed by atoms with E-state index in [-0.39, 0.29) is 6.04 Å². The van der Waals surface area contributed by atoms with Crippen LogP contribution in [0.4, 0.5) is 0 Å². The average Bonchev–Trinajstić information content (AvgIpc) is 2.30. The normalized spacial score (nSPS) is 11.8. The van der Waals surface area contributed by atoms with Gasteiger partial charge in [0.25, 0.3) is 0 Å². The Kier molecular flexibility index (Phi) is 6.44. The smallest absolute Gasteiger partial charge is 0.0468 e. The van der Waals surface area contributed by atoms with Crippen LogP contribution in [0.1, 0.15) is 38.3 Å². The van der Waals surface area contributed by atoms with Crippen molar-refractivity contribution in [1.82, 2.24) is 5.32 Å². The highest BCUT2D eigenvalue weighted by Gasteiger charge is 2.13. The van der Waals surface area contributed by atoms with E-state index < -0.39 is 0 Å². The van der Waals surface area contributed by atoms with Gasteiger partial charge in [-0.2, -0.15) is 0 Å². The SMILES string of the molecule is CC#CCC(NCCC)c1ccc(Cl)cc1Cl. The van der Waals surface area contributed by atoms with Crippen LogP contribution in [0.25, 0.3) is 0 Å². The molecule has 0 fully saturated rings. The van der Waals surface area contributed by atoms with Crippen LogP contribution in [0, 0.1) is 11.8 Å². The Morgan fingerprint density at radius 3 is 2.71 bits per heavy atom. The van der Waals surface area contributed by atoms with Crippen molar-refractivity contribution in [2.75, 3.05) is 6.54 Å². The van der Waals surface area contributed by atoms with Gasteiger partial charge in [0.15, 0.2) is 0 Å². The molecular formula is C14H17Cl2N. The summed E-state index contributed by atoms with van der Waals surface area (Å²) in [5.74, 6) is 6.01. The van der Waals surface area contributed by atoms with Crippen LogP contribution in [0.5, 0.6) is 0 Å². The fourth-order valence-electron chi connectivity index (χ4n) is 1.60. The van der Waals surface area contributed by atoms with Crippen molar-refractivity contribution in [2.24, 2.45) is 0 Å². The van der Waals surface area contributed by atoms with Gasteiger partial charge in [0.05, 0.1) is 0 Å². The predicted octanol–water partition coefficient (Wildman–Crippen LogP) is 4.45. The van der Waals surface area contributed by atoms with E-state index in [1.807, 2.05) is 19.1 Å². The molecule has 1 atom stereocenters. The van der Waals surface area contributed by atoms with E-state index in [0.29, 0.717) is 10.0 Å². The van der Waals surface area contributed by atoms with E-state index in [2.05, 4.69) is 24.1 Å². The molecule has 0 heterocycles. The molecule has 0 amide bonds. The second-order valence-corrected chi connectivity index (χ2v) is 4.65. The average molecular weight is 270 g/mol. The third-order valence-corrected chi connectivity index (χ3v) is 3.02. The van der Waals surface area contributed by atoms with Crippen LogP contribution in [0.3, 0.4) is 0 Å². The fourth-order valence-corrected chi connectivity index (χ4v) is 2.14. The molecule has 0 aliphatic heterocycles. The first-order chi connectivity index (χ1) is 8.19. The molecule has 0 aromatic heterocycles. The molecule has 0 aliphatic carbocycles. The van der Waals surface area contributed by atoms with Crippen LogP contribution < -0.4 is 5.32 Å². The van der Waals surface area contributed by atoms with Gasteiger partial charge in [-0.25, -0.2) is 0 Å². The number of hydrogen-bond donors (Lipinski definition) is 1. The maximum atomic E-state index is 6.21. The first-order valence-corrected chi connectivity index (χ1v) is 6.52. The van der Waals surface area contributed by atoms with Crippen LogP contribution >= 0.6 is 23.2 Å². The Labute approximate surface area is 114 Å². The lowest BCUT2D eigenvalue weighted by molar-refractivity contribution is 0.542. The first-order valence-electron chi connectivity index (χ1n) is 5.77. The third kappa shape index (κ3) is 4.60. The second kappa shape index (κ2) is 7.61. The molecular weight excluding hydrogens is 253 g/mol. The van der Waals surface area contributed by atoms with E-state index in [9.17, 15) is 0 Å². The molecule has 1 unspecified atom stereocenters. The highest BCUT2D eigenvalue weighted by atomic mass is 35.5. The lowest BCUT2D eigenvalue weighted by Gasteiger charge is -2.18. The summed E-state index contributed by atoms with van der Waals surface area (Å²) >= 11 is 12.1. The van der Waals surface area contributed by atoms with Crippen LogP contribution in [0.15, 0.2) is 18.2 Å². The quantitative estimate of drug-likeness (QED) is 0.779. The number of benzene rings is 1. The molecule has 0 aliphatic rings. The largest absolute Gasteiger partial charge is 0.309 e. The molecule has 0 saturated carbocycles. The van der Waals surface area contributed by atoms with Crippen molar-refractivity contribution in [3.63, 3.8) is 0 Å². The minimum atomic E-state index is 0.173. The van der Waals surface area contributed by atoms with Crippen molar-refractivity contribution in [3.05, 3.63) is 33.8 Å². The molecule has 1 aromatic carbocycles. The van der Waals surface area contributed by atoms with Gasteiger partial charge in [0.1, 0.15) is 0 Å². The second-order valence-electron chi connectivity index (χ2n) is 3.80. The third-order valence-electron chi connectivity index (χ3n) is 2.46. The van der Waals surface area contributed by atoms with E-state index in [4.69, 9.17) is 23.2 Å². The number of rotatable bonds is 5. The molecule has 3 heteroatoms. The highest BCUT2D eigenvalue weighted by Crippen LogP contribution is 2.27. The molecule has 92 valence electrons. The maximum absolute atomic E-state index is 6.21. The molecule has 0 saturated heterocycles. The van der Waals surface area contributed by atoms with Crippen molar-refractivity contribution >= 4 is 23.2 Å². The molecule has 1 rings (SSSR count).